The highest BCUT2D eigenvalue weighted by atomic mass is 16.5. The molecule has 0 saturated heterocycles. The zero-order valence-electron chi connectivity index (χ0n) is 9.56. The average Bonchev–Trinajstić information content (AvgIpc) is 2.27. The molecule has 0 saturated carbocycles. The predicted molar refractivity (Wildman–Crippen MR) is 61.3 cm³/mol. The van der Waals surface area contributed by atoms with Gasteiger partial charge in [-0.05, 0) is 31.5 Å². The lowest BCUT2D eigenvalue weighted by Gasteiger charge is -2.09. The Morgan fingerprint density at radius 2 is 2.31 bits per heavy atom. The number of aliphatic hydroxyl groups is 1. The quantitative estimate of drug-likeness (QED) is 0.790. The molecule has 1 aromatic carbocycles. The second-order valence-electron chi connectivity index (χ2n) is 3.49. The van der Waals surface area contributed by atoms with E-state index < -0.39 is 6.10 Å². The lowest BCUT2D eigenvalue weighted by atomic mass is 10.1. The van der Waals surface area contributed by atoms with E-state index in [1.54, 1.807) is 25.1 Å². The number of carbonyl (C=O) groups is 1. The fourth-order valence-electron chi connectivity index (χ4n) is 1.26. The summed E-state index contributed by atoms with van der Waals surface area (Å²) in [6.07, 6.45) is -0.534. The molecule has 0 heterocycles. The van der Waals surface area contributed by atoms with E-state index in [1.165, 1.54) is 0 Å². The van der Waals surface area contributed by atoms with Crippen LogP contribution in [0.4, 0.5) is 0 Å². The highest BCUT2D eigenvalue weighted by molar-refractivity contribution is 5.77. The van der Waals surface area contributed by atoms with E-state index in [1.807, 2.05) is 13.0 Å². The van der Waals surface area contributed by atoms with Crippen molar-refractivity contribution in [1.82, 2.24) is 5.32 Å². The van der Waals surface area contributed by atoms with Gasteiger partial charge in [-0.25, -0.2) is 0 Å². The van der Waals surface area contributed by atoms with Crippen molar-refractivity contribution in [3.8, 4) is 5.75 Å². The van der Waals surface area contributed by atoms with Crippen molar-refractivity contribution in [3.05, 3.63) is 29.8 Å². The Bertz CT molecular complexity index is 350. The SMILES string of the molecule is CCNC(=O)COc1cccc([C@H](C)O)c1. The van der Waals surface area contributed by atoms with Gasteiger partial charge in [-0.15, -0.1) is 0 Å². The van der Waals surface area contributed by atoms with Crippen LogP contribution < -0.4 is 10.1 Å². The van der Waals surface area contributed by atoms with Crippen LogP contribution in [0.5, 0.6) is 5.75 Å². The van der Waals surface area contributed by atoms with E-state index in [9.17, 15) is 9.90 Å². The minimum Gasteiger partial charge on any atom is -0.484 e. The Balaban J connectivity index is 2.54. The summed E-state index contributed by atoms with van der Waals surface area (Å²) in [5, 5.41) is 12.0. The first-order valence-corrected chi connectivity index (χ1v) is 5.31. The summed E-state index contributed by atoms with van der Waals surface area (Å²) in [5.74, 6) is 0.439. The van der Waals surface area contributed by atoms with E-state index in [0.29, 0.717) is 12.3 Å². The zero-order chi connectivity index (χ0) is 12.0. The Morgan fingerprint density at radius 3 is 2.94 bits per heavy atom. The number of likely N-dealkylation sites (N-methyl/N-ethyl adjacent to an activating group) is 1. The molecule has 0 radical (unpaired) electrons. The number of ether oxygens (including phenoxy) is 1. The average molecular weight is 223 g/mol. The van der Waals surface area contributed by atoms with Gasteiger partial charge in [0.2, 0.25) is 0 Å². The maximum atomic E-state index is 11.1. The van der Waals surface area contributed by atoms with Gasteiger partial charge in [-0.1, -0.05) is 12.1 Å². The second-order valence-corrected chi connectivity index (χ2v) is 3.49. The molecule has 1 aromatic rings. The van der Waals surface area contributed by atoms with Crippen molar-refractivity contribution in [2.75, 3.05) is 13.2 Å². The number of aliphatic hydroxyl groups excluding tert-OH is 1. The van der Waals surface area contributed by atoms with Crippen LogP contribution in [0.3, 0.4) is 0 Å². The lowest BCUT2D eigenvalue weighted by Crippen LogP contribution is -2.28. The number of hydrogen-bond donors (Lipinski definition) is 2. The van der Waals surface area contributed by atoms with Gasteiger partial charge in [-0.2, -0.15) is 0 Å². The monoisotopic (exact) mass is 223 g/mol. The zero-order valence-corrected chi connectivity index (χ0v) is 9.56. The third-order valence-corrected chi connectivity index (χ3v) is 2.08. The Morgan fingerprint density at radius 1 is 1.56 bits per heavy atom. The summed E-state index contributed by atoms with van der Waals surface area (Å²) in [7, 11) is 0. The minimum atomic E-state index is -0.534. The summed E-state index contributed by atoms with van der Waals surface area (Å²) < 4.78 is 5.29. The molecule has 0 aliphatic carbocycles. The number of hydrogen-bond acceptors (Lipinski definition) is 3. The van der Waals surface area contributed by atoms with Crippen LogP contribution in [0.2, 0.25) is 0 Å². The molecule has 0 aliphatic heterocycles. The van der Waals surface area contributed by atoms with Crippen molar-refractivity contribution >= 4 is 5.91 Å². The number of nitrogens with one attached hydrogen (secondary N) is 1. The Hall–Kier alpha value is -1.55. The van der Waals surface area contributed by atoms with E-state index in [2.05, 4.69) is 5.32 Å². The Labute approximate surface area is 95.2 Å². The number of carbonyl (C=O) groups excluding carboxylic acids is 1. The van der Waals surface area contributed by atoms with Gasteiger partial charge in [0.25, 0.3) is 5.91 Å². The molecular weight excluding hydrogens is 206 g/mol. The van der Waals surface area contributed by atoms with Gasteiger partial charge in [0.05, 0.1) is 6.10 Å². The van der Waals surface area contributed by atoms with Gasteiger partial charge in [-0.3, -0.25) is 4.79 Å². The van der Waals surface area contributed by atoms with Crippen LogP contribution in [-0.2, 0) is 4.79 Å². The molecule has 2 N–H and O–H groups in total. The molecule has 1 rings (SSSR count). The van der Waals surface area contributed by atoms with E-state index in [0.717, 1.165) is 5.56 Å². The van der Waals surface area contributed by atoms with Gasteiger partial charge in [0.15, 0.2) is 6.61 Å². The van der Waals surface area contributed by atoms with Crippen molar-refractivity contribution < 1.29 is 14.6 Å². The van der Waals surface area contributed by atoms with Crippen LogP contribution >= 0.6 is 0 Å². The normalized spacial score (nSPS) is 11.9. The van der Waals surface area contributed by atoms with Gasteiger partial charge < -0.3 is 15.2 Å². The maximum Gasteiger partial charge on any atom is 0.257 e. The highest BCUT2D eigenvalue weighted by Crippen LogP contribution is 2.18. The van der Waals surface area contributed by atoms with Gasteiger partial charge >= 0.3 is 0 Å². The molecule has 0 aromatic heterocycles. The van der Waals surface area contributed by atoms with Crippen molar-refractivity contribution in [1.29, 1.82) is 0 Å². The molecule has 1 atom stereocenters. The van der Waals surface area contributed by atoms with E-state index in [4.69, 9.17) is 4.74 Å². The molecule has 88 valence electrons. The van der Waals surface area contributed by atoms with Gasteiger partial charge in [0, 0.05) is 6.54 Å². The first kappa shape index (κ1) is 12.5. The fraction of sp³-hybridized carbons (Fsp3) is 0.417. The van der Waals surface area contributed by atoms with Crippen molar-refractivity contribution in [2.45, 2.75) is 20.0 Å². The summed E-state index contributed by atoms with van der Waals surface area (Å²) in [6.45, 7) is 4.13. The molecule has 0 unspecified atom stereocenters. The van der Waals surface area contributed by atoms with Crippen LogP contribution in [0, 0.1) is 0 Å². The van der Waals surface area contributed by atoms with Crippen LogP contribution in [-0.4, -0.2) is 24.2 Å². The van der Waals surface area contributed by atoms with Crippen molar-refractivity contribution in [2.24, 2.45) is 0 Å². The largest absolute Gasteiger partial charge is 0.484 e. The van der Waals surface area contributed by atoms with Crippen LogP contribution in [0.15, 0.2) is 24.3 Å². The van der Waals surface area contributed by atoms with E-state index in [-0.39, 0.29) is 12.5 Å². The fourth-order valence-corrected chi connectivity index (χ4v) is 1.26. The Kier molecular flexibility index (Phi) is 4.79. The summed E-state index contributed by atoms with van der Waals surface area (Å²) >= 11 is 0. The second kappa shape index (κ2) is 6.12. The molecule has 1 amide bonds. The molecule has 4 heteroatoms. The van der Waals surface area contributed by atoms with E-state index >= 15 is 0 Å². The number of benzene rings is 1. The first-order chi connectivity index (χ1) is 7.63. The molecule has 4 nitrogen and oxygen atoms in total. The van der Waals surface area contributed by atoms with Crippen molar-refractivity contribution in [3.63, 3.8) is 0 Å². The molecule has 0 fully saturated rings. The number of amides is 1. The maximum absolute atomic E-state index is 11.1. The number of rotatable bonds is 5. The molecule has 16 heavy (non-hydrogen) atoms. The molecule has 0 spiro atoms. The smallest absolute Gasteiger partial charge is 0.257 e. The summed E-state index contributed by atoms with van der Waals surface area (Å²) in [4.78, 5) is 11.1. The third-order valence-electron chi connectivity index (χ3n) is 2.08. The molecule has 0 aliphatic rings. The molecule has 0 bridgehead atoms. The third kappa shape index (κ3) is 3.90. The topological polar surface area (TPSA) is 58.6 Å². The summed E-state index contributed by atoms with van der Waals surface area (Å²) in [6, 6.07) is 7.08. The van der Waals surface area contributed by atoms with Gasteiger partial charge in [0.1, 0.15) is 5.75 Å². The predicted octanol–water partition coefficient (Wildman–Crippen LogP) is 1.25. The first-order valence-electron chi connectivity index (χ1n) is 5.31. The van der Waals surface area contributed by atoms with Crippen LogP contribution in [0.25, 0.3) is 0 Å². The van der Waals surface area contributed by atoms with Crippen LogP contribution in [0.1, 0.15) is 25.5 Å². The minimum absolute atomic E-state index is 0.00287. The highest BCUT2D eigenvalue weighted by Gasteiger charge is 2.04. The molecular formula is C12H17NO3. The lowest BCUT2D eigenvalue weighted by molar-refractivity contribution is -0.122. The summed E-state index contributed by atoms with van der Waals surface area (Å²) in [5.41, 5.74) is 0.772. The standard InChI is InChI=1S/C12H17NO3/c1-3-13-12(15)8-16-11-6-4-5-10(7-11)9(2)14/h4-7,9,14H,3,8H2,1-2H3,(H,13,15)/t9-/m0/s1.